The quantitative estimate of drug-likeness (QED) is 0.392. The first kappa shape index (κ1) is 28.3. The van der Waals surface area contributed by atoms with Crippen molar-refractivity contribution in [1.82, 2.24) is 19.8 Å². The van der Waals surface area contributed by atoms with Crippen LogP contribution < -0.4 is 16.4 Å². The van der Waals surface area contributed by atoms with Gasteiger partial charge < -0.3 is 21.3 Å². The third-order valence-electron chi connectivity index (χ3n) is 6.33. The molecule has 1 fully saturated rings. The molecule has 0 unspecified atom stereocenters. The fourth-order valence-electron chi connectivity index (χ4n) is 4.22. The molecule has 4 N–H and O–H groups in total. The Labute approximate surface area is 228 Å². The number of anilines is 3. The average molecular weight is 562 g/mol. The predicted molar refractivity (Wildman–Crippen MR) is 143 cm³/mol. The average Bonchev–Trinajstić information content (AvgIpc) is 2.89. The zero-order chi connectivity index (χ0) is 28.2. The van der Waals surface area contributed by atoms with Gasteiger partial charge in [-0.25, -0.2) is 9.97 Å². The SMILES string of the molecule is CCN1CCN(Cc2ccc(NC(=O)c3cc(Cl)cc(NC(=O)c4cnc(N)nc4)c3)cc2C(F)(F)F)CC1. The summed E-state index contributed by atoms with van der Waals surface area (Å²) in [6.45, 7) is 6.11. The fourth-order valence-corrected chi connectivity index (χ4v) is 4.45. The van der Waals surface area contributed by atoms with Crippen LogP contribution in [0.1, 0.15) is 38.8 Å². The van der Waals surface area contributed by atoms with E-state index >= 15 is 0 Å². The normalized spacial score (nSPS) is 14.7. The minimum Gasteiger partial charge on any atom is -0.368 e. The summed E-state index contributed by atoms with van der Waals surface area (Å²) in [5, 5.41) is 5.21. The van der Waals surface area contributed by atoms with Crippen molar-refractivity contribution < 1.29 is 22.8 Å². The molecule has 1 saturated heterocycles. The Morgan fingerprint density at radius 3 is 2.18 bits per heavy atom. The van der Waals surface area contributed by atoms with E-state index in [4.69, 9.17) is 17.3 Å². The van der Waals surface area contributed by atoms with Gasteiger partial charge >= 0.3 is 6.18 Å². The molecular formula is C26H27ClF3N7O2. The Bertz CT molecular complexity index is 1340. The van der Waals surface area contributed by atoms with Gasteiger partial charge in [0.25, 0.3) is 11.8 Å². The van der Waals surface area contributed by atoms with E-state index in [0.717, 1.165) is 25.7 Å². The van der Waals surface area contributed by atoms with Gasteiger partial charge in [0.2, 0.25) is 5.95 Å². The van der Waals surface area contributed by atoms with Crippen LogP contribution in [0.3, 0.4) is 0 Å². The first-order chi connectivity index (χ1) is 18.5. The number of carbonyl (C=O) groups excluding carboxylic acids is 2. The molecule has 3 aromatic rings. The third kappa shape index (κ3) is 7.43. The molecule has 0 radical (unpaired) electrons. The molecule has 1 aliphatic heterocycles. The Balaban J connectivity index is 1.49. The molecule has 0 aliphatic carbocycles. The van der Waals surface area contributed by atoms with E-state index in [0.29, 0.717) is 13.1 Å². The zero-order valence-corrected chi connectivity index (χ0v) is 21.8. The topological polar surface area (TPSA) is 116 Å². The summed E-state index contributed by atoms with van der Waals surface area (Å²) < 4.78 is 41.8. The molecule has 2 aromatic carbocycles. The molecule has 13 heteroatoms. The number of nitrogens with two attached hydrogens (primary N) is 1. The summed E-state index contributed by atoms with van der Waals surface area (Å²) >= 11 is 6.14. The number of halogens is 4. The van der Waals surface area contributed by atoms with Gasteiger partial charge in [0.15, 0.2) is 0 Å². The van der Waals surface area contributed by atoms with Crippen molar-refractivity contribution in [2.45, 2.75) is 19.6 Å². The number of nitrogens with zero attached hydrogens (tertiary/aromatic N) is 4. The minimum absolute atomic E-state index is 0.00443. The number of hydrogen-bond acceptors (Lipinski definition) is 7. The Hall–Kier alpha value is -3.74. The molecule has 0 atom stereocenters. The van der Waals surface area contributed by atoms with Gasteiger partial charge in [0.1, 0.15) is 0 Å². The number of carbonyl (C=O) groups is 2. The molecule has 1 aliphatic rings. The van der Waals surface area contributed by atoms with Crippen molar-refractivity contribution in [3.63, 3.8) is 0 Å². The zero-order valence-electron chi connectivity index (χ0n) is 21.1. The van der Waals surface area contributed by atoms with Crippen molar-refractivity contribution in [2.75, 3.05) is 49.1 Å². The van der Waals surface area contributed by atoms with Crippen LogP contribution in [0, 0.1) is 0 Å². The number of piperazine rings is 1. The molecule has 0 spiro atoms. The minimum atomic E-state index is -4.60. The highest BCUT2D eigenvalue weighted by atomic mass is 35.5. The standard InChI is InChI=1S/C26H27ClF3N7O2/c1-2-36-5-7-37(8-6-36)15-16-3-4-20(12-22(16)26(28,29)30)34-23(38)17-9-19(27)11-21(10-17)35-24(39)18-13-32-25(31)33-14-18/h3-4,9-14H,2,5-8,15H2,1H3,(H,34,38)(H,35,39)(H2,31,32,33). The lowest BCUT2D eigenvalue weighted by molar-refractivity contribution is -0.138. The van der Waals surface area contributed by atoms with Gasteiger partial charge in [-0.3, -0.25) is 14.5 Å². The van der Waals surface area contributed by atoms with Crippen LogP contribution in [-0.2, 0) is 12.7 Å². The largest absolute Gasteiger partial charge is 0.416 e. The highest BCUT2D eigenvalue weighted by Gasteiger charge is 2.34. The summed E-state index contributed by atoms with van der Waals surface area (Å²) in [7, 11) is 0. The Kier molecular flexibility index (Phi) is 8.68. The van der Waals surface area contributed by atoms with Crippen molar-refractivity contribution in [3.8, 4) is 0 Å². The Morgan fingerprint density at radius 1 is 0.923 bits per heavy atom. The van der Waals surface area contributed by atoms with Crippen molar-refractivity contribution in [1.29, 1.82) is 0 Å². The van der Waals surface area contributed by atoms with Crippen molar-refractivity contribution >= 4 is 40.7 Å². The Morgan fingerprint density at radius 2 is 1.54 bits per heavy atom. The second kappa shape index (κ2) is 12.0. The molecule has 4 rings (SSSR count). The molecule has 39 heavy (non-hydrogen) atoms. The van der Waals surface area contributed by atoms with Gasteiger partial charge in [0.05, 0.1) is 11.1 Å². The maximum absolute atomic E-state index is 13.9. The van der Waals surface area contributed by atoms with Crippen LogP contribution in [0.2, 0.25) is 5.02 Å². The highest BCUT2D eigenvalue weighted by Crippen LogP contribution is 2.35. The van der Waals surface area contributed by atoms with Crippen LogP contribution >= 0.6 is 11.6 Å². The maximum atomic E-state index is 13.9. The first-order valence-electron chi connectivity index (χ1n) is 12.2. The number of nitrogen functional groups attached to an aromatic ring is 1. The summed E-state index contributed by atoms with van der Waals surface area (Å²) in [5.41, 5.74) is 5.11. The number of rotatable bonds is 7. The molecule has 0 bridgehead atoms. The number of alkyl halides is 3. The first-order valence-corrected chi connectivity index (χ1v) is 12.5. The van der Waals surface area contributed by atoms with E-state index in [9.17, 15) is 22.8 Å². The van der Waals surface area contributed by atoms with E-state index < -0.39 is 23.6 Å². The second-order valence-corrected chi connectivity index (χ2v) is 9.48. The third-order valence-corrected chi connectivity index (χ3v) is 6.55. The number of benzene rings is 2. The smallest absolute Gasteiger partial charge is 0.368 e. The summed E-state index contributed by atoms with van der Waals surface area (Å²) in [4.78, 5) is 37.1. The number of nitrogens with one attached hydrogen (secondary N) is 2. The van der Waals surface area contributed by atoms with Gasteiger partial charge in [0, 0.05) is 67.1 Å². The van der Waals surface area contributed by atoms with Gasteiger partial charge in [-0.15, -0.1) is 0 Å². The second-order valence-electron chi connectivity index (χ2n) is 9.05. The number of amides is 2. The van der Waals surface area contributed by atoms with E-state index in [-0.39, 0.29) is 45.6 Å². The number of likely N-dealkylation sites (N-methyl/N-ethyl adjacent to an activating group) is 1. The van der Waals surface area contributed by atoms with Crippen LogP contribution in [0.5, 0.6) is 0 Å². The van der Waals surface area contributed by atoms with E-state index in [2.05, 4.69) is 32.4 Å². The van der Waals surface area contributed by atoms with Gasteiger partial charge in [-0.1, -0.05) is 24.6 Å². The number of aromatic nitrogens is 2. The van der Waals surface area contributed by atoms with Gasteiger partial charge in [-0.05, 0) is 42.4 Å². The molecule has 2 amide bonds. The summed E-state index contributed by atoms with van der Waals surface area (Å²) in [6, 6.07) is 7.89. The summed E-state index contributed by atoms with van der Waals surface area (Å²) in [6.07, 6.45) is -2.12. The lowest BCUT2D eigenvalue weighted by Crippen LogP contribution is -2.45. The number of hydrogen-bond donors (Lipinski definition) is 3. The maximum Gasteiger partial charge on any atom is 0.416 e. The van der Waals surface area contributed by atoms with Crippen LogP contribution in [0.15, 0.2) is 48.8 Å². The van der Waals surface area contributed by atoms with Crippen molar-refractivity contribution in [2.24, 2.45) is 0 Å². The molecule has 9 nitrogen and oxygen atoms in total. The molecule has 1 aromatic heterocycles. The van der Waals surface area contributed by atoms with Crippen LogP contribution in [-0.4, -0.2) is 64.3 Å². The van der Waals surface area contributed by atoms with Crippen LogP contribution in [0.25, 0.3) is 0 Å². The lowest BCUT2D eigenvalue weighted by atomic mass is 10.0. The monoisotopic (exact) mass is 561 g/mol. The van der Waals surface area contributed by atoms with Crippen LogP contribution in [0.4, 0.5) is 30.5 Å². The molecule has 206 valence electrons. The van der Waals surface area contributed by atoms with Crippen molar-refractivity contribution in [3.05, 3.63) is 76.1 Å². The lowest BCUT2D eigenvalue weighted by Gasteiger charge is -2.34. The van der Waals surface area contributed by atoms with E-state index in [1.54, 1.807) is 0 Å². The molecule has 2 heterocycles. The fraction of sp³-hybridized carbons (Fsp3) is 0.308. The van der Waals surface area contributed by atoms with E-state index in [1.807, 2.05) is 4.90 Å². The van der Waals surface area contributed by atoms with Gasteiger partial charge in [-0.2, -0.15) is 13.2 Å². The highest BCUT2D eigenvalue weighted by molar-refractivity contribution is 6.31. The molecular weight excluding hydrogens is 535 g/mol. The van der Waals surface area contributed by atoms with E-state index in [1.165, 1.54) is 42.7 Å². The predicted octanol–water partition coefficient (Wildman–Crippen LogP) is 4.37. The molecule has 0 saturated carbocycles. The summed E-state index contributed by atoms with van der Waals surface area (Å²) in [5.74, 6) is -1.25.